The van der Waals surface area contributed by atoms with Gasteiger partial charge in [0.15, 0.2) is 0 Å². The molecule has 0 fully saturated rings. The first-order valence-electron chi connectivity index (χ1n) is 17.0. The Balaban J connectivity index is 0.000000276. The van der Waals surface area contributed by atoms with Crippen molar-refractivity contribution >= 4 is 101 Å². The summed E-state index contributed by atoms with van der Waals surface area (Å²) in [6, 6.07) is 21.5. The molecule has 0 radical (unpaired) electrons. The molecular weight excluding hydrogens is 749 g/mol. The van der Waals surface area contributed by atoms with E-state index in [9.17, 15) is 0 Å². The van der Waals surface area contributed by atoms with Crippen molar-refractivity contribution in [2.75, 3.05) is 11.5 Å². The summed E-state index contributed by atoms with van der Waals surface area (Å²) in [5.74, 6) is 1.88. The van der Waals surface area contributed by atoms with Crippen LogP contribution in [0.5, 0.6) is 0 Å². The Labute approximate surface area is 341 Å². The van der Waals surface area contributed by atoms with Gasteiger partial charge >= 0.3 is 0 Å². The number of hydrogen-bond acceptors (Lipinski definition) is 8. The zero-order chi connectivity index (χ0) is 36.5. The van der Waals surface area contributed by atoms with E-state index in [4.69, 9.17) is 25.3 Å². The number of benzene rings is 4. The van der Waals surface area contributed by atoms with Gasteiger partial charge in [-0.1, -0.05) is 52.0 Å². The molecule has 0 N–H and O–H groups in total. The van der Waals surface area contributed by atoms with Crippen LogP contribution in [0.3, 0.4) is 0 Å². The predicted molar refractivity (Wildman–Crippen MR) is 241 cm³/mol. The fourth-order valence-electron chi connectivity index (χ4n) is 7.05. The van der Waals surface area contributed by atoms with Gasteiger partial charge in [-0.25, -0.2) is 0 Å². The number of rotatable bonds is 13. The predicted octanol–water partition coefficient (Wildman–Crippen LogP) is 13.3. The average Bonchev–Trinajstić information content (AvgIpc) is 3.04. The maximum absolute atomic E-state index is 4.91. The molecule has 0 spiro atoms. The summed E-state index contributed by atoms with van der Waals surface area (Å²) in [6.07, 6.45) is 7.75. The number of unbranched alkanes of at least 4 members (excludes halogenated alkanes) is 2. The minimum absolute atomic E-state index is 0.108. The molecule has 0 aliphatic carbocycles. The molecule has 0 saturated heterocycles. The second-order valence-corrected chi connectivity index (χ2v) is 17.4. The average molecular weight is 803 g/mol. The van der Waals surface area contributed by atoms with Gasteiger partial charge in [0.25, 0.3) is 0 Å². The number of hydrogen-bond donors (Lipinski definition) is 8. The molecule has 0 heterocycles. The third-order valence-electron chi connectivity index (χ3n) is 9.77. The lowest BCUT2D eigenvalue weighted by Gasteiger charge is -2.36. The summed E-state index contributed by atoms with van der Waals surface area (Å²) in [4.78, 5) is 5.81. The Morgan fingerprint density at radius 1 is 0.510 bits per heavy atom. The van der Waals surface area contributed by atoms with Gasteiger partial charge in [-0.05, 0) is 151 Å². The van der Waals surface area contributed by atoms with E-state index in [1.807, 2.05) is 0 Å². The summed E-state index contributed by atoms with van der Waals surface area (Å²) in [5.41, 5.74) is 10.3. The molecule has 0 unspecified atom stereocenters. The lowest BCUT2D eigenvalue weighted by molar-refractivity contribution is 0.516. The third-order valence-corrected chi connectivity index (χ3v) is 13.0. The van der Waals surface area contributed by atoms with Crippen molar-refractivity contribution < 1.29 is 0 Å². The molecule has 0 atom stereocenters. The zero-order valence-electron chi connectivity index (χ0n) is 29.7. The van der Waals surface area contributed by atoms with Crippen molar-refractivity contribution in [3.05, 3.63) is 105 Å². The van der Waals surface area contributed by atoms with E-state index in [1.165, 1.54) is 44.5 Å². The van der Waals surface area contributed by atoms with Gasteiger partial charge in [-0.15, -0.1) is 75.8 Å². The van der Waals surface area contributed by atoms with Crippen LogP contribution in [0.1, 0.15) is 104 Å². The van der Waals surface area contributed by atoms with Crippen molar-refractivity contribution in [2.45, 2.75) is 127 Å². The maximum Gasteiger partial charge on any atom is 0.0199 e. The van der Waals surface area contributed by atoms with E-state index >= 15 is 0 Å². The van der Waals surface area contributed by atoms with Crippen LogP contribution in [-0.4, -0.2) is 11.5 Å². The monoisotopic (exact) mass is 802 g/mol. The van der Waals surface area contributed by atoms with Gasteiger partial charge in [-0.3, -0.25) is 0 Å². The zero-order valence-corrected chi connectivity index (χ0v) is 36.9. The van der Waals surface area contributed by atoms with Gasteiger partial charge < -0.3 is 0 Å². The Bertz CT molecular complexity index is 1590. The summed E-state index contributed by atoms with van der Waals surface area (Å²) in [6.45, 7) is 13.4. The Hall–Kier alpha value is -0.320. The molecule has 0 saturated carbocycles. The highest BCUT2D eigenvalue weighted by Gasteiger charge is 2.34. The van der Waals surface area contributed by atoms with Crippen LogP contribution in [0.4, 0.5) is 0 Å². The summed E-state index contributed by atoms with van der Waals surface area (Å²) >= 11 is 36.5. The topological polar surface area (TPSA) is 0 Å². The van der Waals surface area contributed by atoms with Crippen LogP contribution in [0.2, 0.25) is 0 Å². The Morgan fingerprint density at radius 2 is 0.878 bits per heavy atom. The van der Waals surface area contributed by atoms with E-state index in [-0.39, 0.29) is 10.8 Å². The van der Waals surface area contributed by atoms with Crippen molar-refractivity contribution in [1.82, 2.24) is 0 Å². The first-order valence-corrected chi connectivity index (χ1v) is 21.0. The van der Waals surface area contributed by atoms with Gasteiger partial charge in [-0.2, -0.15) is 25.3 Å². The van der Waals surface area contributed by atoms with Crippen LogP contribution in [0.25, 0.3) is 0 Å². The van der Waals surface area contributed by atoms with Crippen molar-refractivity contribution in [2.24, 2.45) is 0 Å². The summed E-state index contributed by atoms with van der Waals surface area (Å²) < 4.78 is 0. The second kappa shape index (κ2) is 19.7. The first kappa shape index (κ1) is 43.1. The normalized spacial score (nSPS) is 11.8. The molecule has 0 aromatic heterocycles. The van der Waals surface area contributed by atoms with Crippen molar-refractivity contribution in [1.29, 1.82) is 0 Å². The van der Waals surface area contributed by atoms with Gasteiger partial charge in [0.2, 0.25) is 0 Å². The molecule has 4 rings (SSSR count). The van der Waals surface area contributed by atoms with Crippen LogP contribution >= 0.6 is 101 Å². The highest BCUT2D eigenvalue weighted by molar-refractivity contribution is 7.84. The standard InChI is InChI=1S/C24H34S4.C17H20S4/c1-3-24(2,22-18(10-4-6-16-25)12-8-14-20(22)27)23-19(11-5-7-17-26)13-9-15-21(23)28;1-9-5-13(18)15(20)7-11(9)17(3,4)12-8-16(21)14(19)6-10(12)2/h8-9,12-15,25-28H,3-7,10-11,16-17H2,1-2H3;5-8,18-21H,1-4H3. The molecule has 4 aromatic carbocycles. The number of thiol groups is 8. The van der Waals surface area contributed by atoms with Crippen LogP contribution in [-0.2, 0) is 23.7 Å². The molecule has 0 amide bonds. The molecular formula is C41H54S8. The van der Waals surface area contributed by atoms with E-state index < -0.39 is 0 Å². The fourth-order valence-corrected chi connectivity index (χ4v) is 9.36. The molecule has 0 nitrogen and oxygen atoms in total. The molecule has 0 aliphatic rings. The third kappa shape index (κ3) is 10.6. The Kier molecular flexibility index (Phi) is 17.3. The van der Waals surface area contributed by atoms with Crippen LogP contribution < -0.4 is 0 Å². The van der Waals surface area contributed by atoms with Crippen LogP contribution in [0, 0.1) is 13.8 Å². The largest absolute Gasteiger partial charge is 0.179 e. The van der Waals surface area contributed by atoms with E-state index in [0.29, 0.717) is 0 Å². The van der Waals surface area contributed by atoms with Crippen molar-refractivity contribution in [3.63, 3.8) is 0 Å². The van der Waals surface area contributed by atoms with Gasteiger partial charge in [0.05, 0.1) is 0 Å². The van der Waals surface area contributed by atoms with Crippen LogP contribution in [0.15, 0.2) is 90.0 Å². The minimum Gasteiger partial charge on any atom is -0.179 e. The summed E-state index contributed by atoms with van der Waals surface area (Å²) in [5, 5.41) is 0. The van der Waals surface area contributed by atoms with E-state index in [2.05, 4.69) is 178 Å². The SMILES string of the molecule is CCC(C)(c1c(S)cccc1CCCCS)c1c(S)cccc1CCCCS.Cc1cc(S)c(S)cc1C(C)(C)c1cc(S)c(S)cc1C. The number of aryl methyl sites for hydroxylation is 4. The molecule has 0 bridgehead atoms. The first-order chi connectivity index (χ1) is 23.1. The fraction of sp³-hybridized carbons (Fsp3) is 0.415. The van der Waals surface area contributed by atoms with E-state index in [1.54, 1.807) is 0 Å². The molecule has 266 valence electrons. The van der Waals surface area contributed by atoms with E-state index in [0.717, 1.165) is 85.8 Å². The molecule has 4 aromatic rings. The quantitative estimate of drug-likeness (QED) is 0.0479. The van der Waals surface area contributed by atoms with Crippen molar-refractivity contribution in [3.8, 4) is 0 Å². The lowest BCUT2D eigenvalue weighted by Crippen LogP contribution is -2.27. The minimum atomic E-state index is -0.133. The smallest absolute Gasteiger partial charge is 0.0199 e. The Morgan fingerprint density at radius 3 is 1.22 bits per heavy atom. The summed E-state index contributed by atoms with van der Waals surface area (Å²) in [7, 11) is 0. The second-order valence-electron chi connectivity index (χ2n) is 13.6. The molecule has 49 heavy (non-hydrogen) atoms. The maximum atomic E-state index is 4.91. The molecule has 0 aliphatic heterocycles. The van der Waals surface area contributed by atoms with Gasteiger partial charge in [0.1, 0.15) is 0 Å². The highest BCUT2D eigenvalue weighted by Crippen LogP contribution is 2.45. The highest BCUT2D eigenvalue weighted by atomic mass is 32.1. The molecule has 8 heteroatoms. The lowest BCUT2D eigenvalue weighted by atomic mass is 9.70. The van der Waals surface area contributed by atoms with Gasteiger partial charge in [0, 0.05) is 40.2 Å².